The Balaban J connectivity index is 0.000000713. The summed E-state index contributed by atoms with van der Waals surface area (Å²) >= 11 is 0. The molecule has 5 nitrogen and oxygen atoms in total. The first-order chi connectivity index (χ1) is 16.9. The molecule has 6 heteroatoms. The van der Waals surface area contributed by atoms with Crippen LogP contribution in [0.4, 0.5) is 5.69 Å². The number of anilines is 1. The van der Waals surface area contributed by atoms with Crippen LogP contribution in [0.3, 0.4) is 0 Å². The van der Waals surface area contributed by atoms with E-state index in [0.29, 0.717) is 17.9 Å². The number of ether oxygens (including phenoxy) is 1. The number of rotatable bonds is 11. The van der Waals surface area contributed by atoms with Crippen molar-refractivity contribution in [1.82, 2.24) is 0 Å². The van der Waals surface area contributed by atoms with E-state index < -0.39 is 5.91 Å². The maximum Gasteiger partial charge on any atom is 1.00 e. The molecule has 2 aromatic rings. The molecule has 0 saturated carbocycles. The van der Waals surface area contributed by atoms with Gasteiger partial charge in [-0.25, -0.2) is 10.9 Å². The Morgan fingerprint density at radius 1 is 1.06 bits per heavy atom. The summed E-state index contributed by atoms with van der Waals surface area (Å²) in [5.41, 5.74) is 4.77. The van der Waals surface area contributed by atoms with Crippen molar-refractivity contribution < 1.29 is 43.9 Å². The predicted molar refractivity (Wildman–Crippen MR) is 144 cm³/mol. The van der Waals surface area contributed by atoms with Gasteiger partial charge >= 0.3 is 35.5 Å². The molecule has 0 saturated heterocycles. The molecule has 36 heavy (non-hydrogen) atoms. The van der Waals surface area contributed by atoms with E-state index in [4.69, 9.17) is 10.1 Å². The van der Waals surface area contributed by atoms with Crippen molar-refractivity contribution in [3.05, 3.63) is 102 Å². The molecule has 0 fully saturated rings. The normalized spacial score (nSPS) is 10.2. The molecule has 2 rings (SSSR count). The second-order valence-corrected chi connectivity index (χ2v) is 7.60. The van der Waals surface area contributed by atoms with Crippen LogP contribution in [0.1, 0.15) is 67.6 Å². The van der Waals surface area contributed by atoms with Gasteiger partial charge in [0, 0.05) is 5.69 Å². The average Bonchev–Trinajstić information content (AvgIpc) is 2.88. The molecule has 0 aromatic heterocycles. The molecule has 0 aliphatic carbocycles. The summed E-state index contributed by atoms with van der Waals surface area (Å²) in [7, 11) is 0. The van der Waals surface area contributed by atoms with E-state index in [0.717, 1.165) is 31.2 Å². The second kappa shape index (κ2) is 19.5. The molecule has 0 heterocycles. The van der Waals surface area contributed by atoms with E-state index in [-0.39, 0.29) is 41.2 Å². The van der Waals surface area contributed by atoms with Crippen LogP contribution in [-0.2, 0) is 22.4 Å². The molecule has 186 valence electrons. The van der Waals surface area contributed by atoms with Crippen molar-refractivity contribution in [2.45, 2.75) is 53.4 Å². The monoisotopic (exact) mass is 495 g/mol. The molecule has 0 aliphatic heterocycles. The van der Waals surface area contributed by atoms with E-state index >= 15 is 0 Å². The third kappa shape index (κ3) is 12.3. The van der Waals surface area contributed by atoms with Crippen molar-refractivity contribution in [1.29, 1.82) is 5.41 Å². The van der Waals surface area contributed by atoms with Gasteiger partial charge in [-0.2, -0.15) is 0 Å². The average molecular weight is 496 g/mol. The third-order valence-electron chi connectivity index (χ3n) is 4.98. The number of hydrogen-bond acceptors (Lipinski definition) is 4. The maximum absolute atomic E-state index is 11.7. The fourth-order valence-electron chi connectivity index (χ4n) is 3.04. The molecule has 0 unspecified atom stereocenters. The van der Waals surface area contributed by atoms with Crippen LogP contribution in [0.2, 0.25) is 0 Å². The zero-order valence-corrected chi connectivity index (χ0v) is 24.2. The van der Waals surface area contributed by atoms with Crippen molar-refractivity contribution in [3.63, 3.8) is 0 Å². The van der Waals surface area contributed by atoms with E-state index in [1.165, 1.54) is 17.2 Å². The molecule has 0 bridgehead atoms. The minimum absolute atomic E-state index is 0. The molecular weight excluding hydrogens is 459 g/mol. The molecule has 0 atom stereocenters. The Morgan fingerprint density at radius 3 is 2.28 bits per heavy atom. The standard InChI is InChI=1S/C16H19N2O3.C14H17.Na/c1-3-5-11-21-16(20)12-7-9-13(10-8-12)18-15(19)14(17)6-4-2;1-4-7-8-12-9-10-13(5-2)14(6-3)11-12;/h6-10,17H,3,5,11H2,1-2H3,(H,18,19);4,7,9-11H,1,5-6H2,2-3H3;/q2*-1;+1. The van der Waals surface area contributed by atoms with Gasteiger partial charge in [0.25, 0.3) is 0 Å². The minimum atomic E-state index is -0.525. The summed E-state index contributed by atoms with van der Waals surface area (Å²) < 4.78 is 5.09. The van der Waals surface area contributed by atoms with Crippen LogP contribution in [0.15, 0.2) is 67.3 Å². The SMILES string of the molecule is C=CC=[C-]c1ccc(CC)c(CC)c1.C[C-]=CC(=N)C(=O)Nc1ccc(C(=O)OCCCC)cc1.[Na+]. The van der Waals surface area contributed by atoms with Crippen LogP contribution in [0.5, 0.6) is 0 Å². The maximum atomic E-state index is 11.7. The van der Waals surface area contributed by atoms with E-state index in [9.17, 15) is 9.59 Å². The van der Waals surface area contributed by atoms with Gasteiger partial charge in [-0.3, -0.25) is 10.9 Å². The summed E-state index contributed by atoms with van der Waals surface area (Å²) in [5, 5.41) is 10.0. The van der Waals surface area contributed by atoms with Gasteiger partial charge in [0.05, 0.1) is 12.2 Å². The van der Waals surface area contributed by atoms with Gasteiger partial charge < -0.3 is 15.5 Å². The first kappa shape index (κ1) is 33.3. The molecule has 2 aromatic carbocycles. The molecule has 2 N–H and O–H groups in total. The van der Waals surface area contributed by atoms with Crippen molar-refractivity contribution in [2.24, 2.45) is 0 Å². The number of esters is 1. The zero-order valence-electron chi connectivity index (χ0n) is 22.2. The first-order valence-corrected chi connectivity index (χ1v) is 11.9. The number of amides is 1. The predicted octanol–water partition coefficient (Wildman–Crippen LogP) is 3.69. The van der Waals surface area contributed by atoms with E-state index in [1.54, 1.807) is 37.3 Å². The van der Waals surface area contributed by atoms with E-state index in [1.807, 2.05) is 13.0 Å². The first-order valence-electron chi connectivity index (χ1n) is 11.9. The van der Waals surface area contributed by atoms with Crippen molar-refractivity contribution in [2.75, 3.05) is 11.9 Å². The Hall–Kier alpha value is -2.73. The van der Waals surface area contributed by atoms with Gasteiger partial charge in [-0.15, -0.1) is 55.5 Å². The number of hydrogen-bond donors (Lipinski definition) is 2. The van der Waals surface area contributed by atoms with Crippen molar-refractivity contribution in [3.8, 4) is 0 Å². The summed E-state index contributed by atoms with van der Waals surface area (Å²) in [6, 6.07) is 12.9. The summed E-state index contributed by atoms with van der Waals surface area (Å²) in [6.45, 7) is 12.1. The number of allylic oxidation sites excluding steroid dienone is 3. The quantitative estimate of drug-likeness (QED) is 0.125. The number of carbonyl (C=O) groups excluding carboxylic acids is 2. The van der Waals surface area contributed by atoms with Crippen LogP contribution in [-0.4, -0.2) is 24.2 Å². The second-order valence-electron chi connectivity index (χ2n) is 7.60. The Labute approximate surface area is 238 Å². The molecule has 0 aliphatic rings. The van der Waals surface area contributed by atoms with Gasteiger partial charge in [0.15, 0.2) is 5.91 Å². The van der Waals surface area contributed by atoms with Crippen LogP contribution >= 0.6 is 0 Å². The fourth-order valence-corrected chi connectivity index (χ4v) is 3.04. The van der Waals surface area contributed by atoms with Gasteiger partial charge in [-0.1, -0.05) is 38.3 Å². The van der Waals surface area contributed by atoms with Crippen LogP contribution < -0.4 is 34.9 Å². The fraction of sp³-hybridized carbons (Fsp3) is 0.300. The topological polar surface area (TPSA) is 79.3 Å². The number of benzene rings is 2. The van der Waals surface area contributed by atoms with Gasteiger partial charge in [0.2, 0.25) is 0 Å². The number of aryl methyl sites for hydroxylation is 2. The number of carbonyl (C=O) groups is 2. The Bertz CT molecular complexity index is 1040. The van der Waals surface area contributed by atoms with Crippen LogP contribution in [0, 0.1) is 17.6 Å². The van der Waals surface area contributed by atoms with Gasteiger partial charge in [0.1, 0.15) is 0 Å². The number of unbranched alkanes of at least 4 members (excludes halogenated alkanes) is 1. The van der Waals surface area contributed by atoms with Crippen molar-refractivity contribution >= 4 is 23.3 Å². The smallest absolute Gasteiger partial charge is 0.462 e. The largest absolute Gasteiger partial charge is 1.00 e. The van der Waals surface area contributed by atoms with Gasteiger partial charge in [-0.05, 0) is 49.2 Å². The molecule has 0 radical (unpaired) electrons. The van der Waals surface area contributed by atoms with Crippen LogP contribution in [0.25, 0.3) is 0 Å². The molecule has 1 amide bonds. The molecule has 0 spiro atoms. The summed E-state index contributed by atoms with van der Waals surface area (Å²) in [6.07, 6.45) is 14.7. The minimum Gasteiger partial charge on any atom is -0.462 e. The summed E-state index contributed by atoms with van der Waals surface area (Å²) in [4.78, 5) is 23.3. The molecular formula is C30H36N2NaO3-. The Morgan fingerprint density at radius 2 is 1.72 bits per heavy atom. The summed E-state index contributed by atoms with van der Waals surface area (Å²) in [5.74, 6) is -0.903. The third-order valence-corrected chi connectivity index (χ3v) is 4.98. The number of nitrogens with one attached hydrogen (secondary N) is 2. The van der Waals surface area contributed by atoms with E-state index in [2.05, 4.69) is 56.1 Å². The Kier molecular flexibility index (Phi) is 18.0. The zero-order chi connectivity index (χ0) is 26.1.